The summed E-state index contributed by atoms with van der Waals surface area (Å²) in [7, 11) is 0. The summed E-state index contributed by atoms with van der Waals surface area (Å²) in [5.41, 5.74) is 1.26. The molecule has 0 saturated carbocycles. The van der Waals surface area contributed by atoms with Crippen molar-refractivity contribution in [3.8, 4) is 0 Å². The van der Waals surface area contributed by atoms with Crippen molar-refractivity contribution in [3.05, 3.63) is 12.3 Å². The minimum atomic E-state index is 1.16. The summed E-state index contributed by atoms with van der Waals surface area (Å²) >= 11 is 0. The molecule has 0 aliphatic heterocycles. The second-order valence-electron chi connectivity index (χ2n) is 3.86. The van der Waals surface area contributed by atoms with E-state index >= 15 is 0 Å². The van der Waals surface area contributed by atoms with Crippen molar-refractivity contribution in [1.82, 2.24) is 0 Å². The largest absolute Gasteiger partial charge is 0.266 e. The molecule has 1 nitrogen and oxygen atoms in total. The molecule has 1 heteroatoms. The first-order chi connectivity index (χ1) is 6.81. The molecule has 82 valence electrons. The summed E-state index contributed by atoms with van der Waals surface area (Å²) in [6.45, 7) is 6.38. The van der Waals surface area contributed by atoms with Crippen molar-refractivity contribution in [1.29, 1.82) is 0 Å². The van der Waals surface area contributed by atoms with Crippen LogP contribution >= 0.6 is 0 Å². The van der Waals surface area contributed by atoms with Crippen LogP contribution in [0.2, 0.25) is 0 Å². The summed E-state index contributed by atoms with van der Waals surface area (Å²) in [5, 5.41) is 0. The third-order valence-corrected chi connectivity index (χ3v) is 2.34. The zero-order valence-electron chi connectivity index (χ0n) is 10.1. The van der Waals surface area contributed by atoms with Crippen LogP contribution in [0.4, 0.5) is 0 Å². The maximum atomic E-state index is 4.31. The van der Waals surface area contributed by atoms with E-state index in [2.05, 4.69) is 18.8 Å². The Morgan fingerprint density at radius 3 is 2.36 bits per heavy atom. The van der Waals surface area contributed by atoms with E-state index in [0.29, 0.717) is 0 Å². The number of hydrogen-bond donors (Lipinski definition) is 0. The number of nitrogens with zero attached hydrogens (tertiary/aromatic N) is 1. The Balaban J connectivity index is 3.27. The lowest BCUT2D eigenvalue weighted by Gasteiger charge is -2.00. The summed E-state index contributed by atoms with van der Waals surface area (Å²) in [6, 6.07) is 0. The topological polar surface area (TPSA) is 12.4 Å². The molecule has 0 aromatic rings. The van der Waals surface area contributed by atoms with Crippen molar-refractivity contribution in [3.63, 3.8) is 0 Å². The lowest BCUT2D eigenvalue weighted by Crippen LogP contribution is -1.90. The van der Waals surface area contributed by atoms with Crippen LogP contribution in [0.1, 0.15) is 65.7 Å². The Kier molecular flexibility index (Phi) is 10.0. The normalized spacial score (nSPS) is 12.6. The molecule has 0 aromatic carbocycles. The molecule has 0 fully saturated rings. The lowest BCUT2D eigenvalue weighted by molar-refractivity contribution is 0.615. The van der Waals surface area contributed by atoms with Gasteiger partial charge in [0.2, 0.25) is 0 Å². The molecular weight excluding hydrogens is 170 g/mol. The van der Waals surface area contributed by atoms with E-state index in [0.717, 1.165) is 6.42 Å². The molecule has 0 aliphatic carbocycles. The molecule has 0 heterocycles. The highest BCUT2D eigenvalue weighted by molar-refractivity contribution is 5.82. The molecule has 0 rings (SSSR count). The quantitative estimate of drug-likeness (QED) is 0.392. The van der Waals surface area contributed by atoms with E-state index < -0.39 is 0 Å². The molecule has 0 saturated heterocycles. The summed E-state index contributed by atoms with van der Waals surface area (Å²) in [6.07, 6.45) is 13.2. The molecule has 0 unspecified atom stereocenters. The lowest BCUT2D eigenvalue weighted by atomic mass is 10.1. The predicted octanol–water partition coefficient (Wildman–Crippen LogP) is 4.73. The Morgan fingerprint density at radius 1 is 1.07 bits per heavy atom. The van der Waals surface area contributed by atoms with Crippen molar-refractivity contribution in [2.45, 2.75) is 65.7 Å². The van der Waals surface area contributed by atoms with Gasteiger partial charge in [-0.25, -0.2) is 0 Å². The van der Waals surface area contributed by atoms with Crippen LogP contribution in [-0.2, 0) is 0 Å². The molecule has 14 heavy (non-hydrogen) atoms. The van der Waals surface area contributed by atoms with Crippen LogP contribution in [0.3, 0.4) is 0 Å². The maximum absolute atomic E-state index is 4.31. The molecule has 0 atom stereocenters. The van der Waals surface area contributed by atoms with E-state index in [1.54, 1.807) is 0 Å². The molecule has 0 bridgehead atoms. The predicted molar refractivity (Wildman–Crippen MR) is 65.9 cm³/mol. The molecule has 0 aliphatic rings. The molecule has 0 radical (unpaired) electrons. The fourth-order valence-corrected chi connectivity index (χ4v) is 1.43. The highest BCUT2D eigenvalue weighted by Crippen LogP contribution is 2.07. The van der Waals surface area contributed by atoms with Gasteiger partial charge in [-0.1, -0.05) is 45.1 Å². The van der Waals surface area contributed by atoms with E-state index in [4.69, 9.17) is 0 Å². The monoisotopic (exact) mass is 195 g/mol. The first-order valence-electron chi connectivity index (χ1n) is 5.95. The van der Waals surface area contributed by atoms with Gasteiger partial charge in [0.25, 0.3) is 0 Å². The van der Waals surface area contributed by atoms with Gasteiger partial charge in [0.15, 0.2) is 0 Å². The van der Waals surface area contributed by atoms with Crippen LogP contribution in [0.15, 0.2) is 17.3 Å². The van der Waals surface area contributed by atoms with E-state index in [9.17, 15) is 0 Å². The van der Waals surface area contributed by atoms with Crippen molar-refractivity contribution in [2.75, 3.05) is 0 Å². The van der Waals surface area contributed by atoms with Gasteiger partial charge in [-0.2, -0.15) is 0 Å². The maximum Gasteiger partial charge on any atom is 0.0224 e. The Morgan fingerprint density at radius 2 is 1.71 bits per heavy atom. The first kappa shape index (κ1) is 13.4. The van der Waals surface area contributed by atoms with Crippen LogP contribution in [0.5, 0.6) is 0 Å². The average Bonchev–Trinajstić information content (AvgIpc) is 2.20. The molecule has 0 amide bonds. The standard InChI is InChI=1S/C13H25N/c1-4-6-7-8-9-10-11-13(3)14-12-5-2/h5,12H,4,6-11H2,1-3H3/b12-5-,14-13+. The zero-order valence-corrected chi connectivity index (χ0v) is 10.1. The van der Waals surface area contributed by atoms with E-state index in [-0.39, 0.29) is 0 Å². The second kappa shape index (κ2) is 10.5. The molecule has 0 N–H and O–H groups in total. The highest BCUT2D eigenvalue weighted by atomic mass is 14.7. The van der Waals surface area contributed by atoms with Gasteiger partial charge in [-0.15, -0.1) is 0 Å². The number of unbranched alkanes of at least 4 members (excludes halogenated alkanes) is 5. The molecular formula is C13H25N. The van der Waals surface area contributed by atoms with E-state index in [1.807, 2.05) is 19.2 Å². The van der Waals surface area contributed by atoms with Crippen molar-refractivity contribution in [2.24, 2.45) is 4.99 Å². The zero-order chi connectivity index (χ0) is 10.6. The van der Waals surface area contributed by atoms with Gasteiger partial charge in [0.05, 0.1) is 0 Å². The third-order valence-electron chi connectivity index (χ3n) is 2.34. The van der Waals surface area contributed by atoms with Gasteiger partial charge in [0.1, 0.15) is 0 Å². The smallest absolute Gasteiger partial charge is 0.0224 e. The van der Waals surface area contributed by atoms with Crippen LogP contribution in [0.25, 0.3) is 0 Å². The van der Waals surface area contributed by atoms with Crippen LogP contribution in [-0.4, -0.2) is 5.71 Å². The SMILES string of the molecule is C/C=C\N=C(/C)CCCCCCCC. The van der Waals surface area contributed by atoms with E-state index in [1.165, 1.54) is 44.2 Å². The third kappa shape index (κ3) is 9.50. The average molecular weight is 195 g/mol. The van der Waals surface area contributed by atoms with Gasteiger partial charge < -0.3 is 0 Å². The summed E-state index contributed by atoms with van der Waals surface area (Å²) < 4.78 is 0. The second-order valence-corrected chi connectivity index (χ2v) is 3.86. The fraction of sp³-hybridized carbons (Fsp3) is 0.769. The fourth-order valence-electron chi connectivity index (χ4n) is 1.43. The van der Waals surface area contributed by atoms with Crippen molar-refractivity contribution < 1.29 is 0 Å². The van der Waals surface area contributed by atoms with Gasteiger partial charge >= 0.3 is 0 Å². The van der Waals surface area contributed by atoms with Gasteiger partial charge in [0, 0.05) is 11.9 Å². The summed E-state index contributed by atoms with van der Waals surface area (Å²) in [5.74, 6) is 0. The Hall–Kier alpha value is -0.590. The minimum Gasteiger partial charge on any atom is -0.266 e. The molecule has 0 aromatic heterocycles. The van der Waals surface area contributed by atoms with Gasteiger partial charge in [-0.3, -0.25) is 4.99 Å². The van der Waals surface area contributed by atoms with Crippen LogP contribution < -0.4 is 0 Å². The minimum absolute atomic E-state index is 1.16. The highest BCUT2D eigenvalue weighted by Gasteiger charge is 1.92. The van der Waals surface area contributed by atoms with Gasteiger partial charge in [-0.05, 0) is 26.7 Å². The number of aliphatic imine (C=N–C) groups is 1. The van der Waals surface area contributed by atoms with Crippen LogP contribution in [0, 0.1) is 0 Å². The number of allylic oxidation sites excluding steroid dienone is 1. The number of rotatable bonds is 8. The molecule has 0 spiro atoms. The summed E-state index contributed by atoms with van der Waals surface area (Å²) in [4.78, 5) is 4.31. The number of hydrogen-bond acceptors (Lipinski definition) is 1. The first-order valence-corrected chi connectivity index (χ1v) is 5.95. The Bertz CT molecular complexity index is 168. The Labute approximate surface area is 89.3 Å². The van der Waals surface area contributed by atoms with Crippen molar-refractivity contribution >= 4 is 5.71 Å².